The first kappa shape index (κ1) is 28.2. The second-order valence-corrected chi connectivity index (χ2v) is 11.3. The fourth-order valence-electron chi connectivity index (χ4n) is 4.92. The number of benzene rings is 3. The number of aromatic amines is 1. The number of carbonyl (C=O) groups excluding carboxylic acids is 2. The molecule has 5 heteroatoms. The van der Waals surface area contributed by atoms with E-state index in [0.29, 0.717) is 26.1 Å². The monoisotopic (exact) mass is 523 g/mol. The van der Waals surface area contributed by atoms with Crippen LogP contribution in [0.25, 0.3) is 10.9 Å². The zero-order chi connectivity index (χ0) is 27.8. The van der Waals surface area contributed by atoms with Crippen molar-refractivity contribution < 1.29 is 9.59 Å². The Balaban J connectivity index is 1.52. The number of fused-ring (bicyclic) bond motifs is 1. The molecule has 0 aliphatic heterocycles. The topological polar surface area (TPSA) is 56.4 Å². The van der Waals surface area contributed by atoms with E-state index in [-0.39, 0.29) is 23.8 Å². The highest BCUT2D eigenvalue weighted by Crippen LogP contribution is 2.23. The van der Waals surface area contributed by atoms with Crippen LogP contribution in [0.4, 0.5) is 0 Å². The van der Waals surface area contributed by atoms with Gasteiger partial charge in [0.15, 0.2) is 0 Å². The molecule has 0 saturated heterocycles. The molecule has 1 aromatic heterocycles. The molecular weight excluding hydrogens is 482 g/mol. The molecule has 0 aliphatic carbocycles. The molecule has 0 fully saturated rings. The minimum Gasteiger partial charge on any atom is -0.361 e. The molecule has 0 spiro atoms. The van der Waals surface area contributed by atoms with E-state index < -0.39 is 0 Å². The second-order valence-electron chi connectivity index (χ2n) is 11.3. The first-order chi connectivity index (χ1) is 18.7. The van der Waals surface area contributed by atoms with Crippen LogP contribution in [0.15, 0.2) is 85.1 Å². The van der Waals surface area contributed by atoms with Gasteiger partial charge in [0.25, 0.3) is 0 Å². The Morgan fingerprint density at radius 1 is 0.769 bits per heavy atom. The Kier molecular flexibility index (Phi) is 9.23. The number of nitrogens with one attached hydrogen (secondary N) is 1. The van der Waals surface area contributed by atoms with Crippen LogP contribution in [-0.2, 0) is 34.4 Å². The van der Waals surface area contributed by atoms with E-state index in [9.17, 15) is 9.59 Å². The molecule has 5 nitrogen and oxygen atoms in total. The van der Waals surface area contributed by atoms with Gasteiger partial charge < -0.3 is 14.8 Å². The number of amides is 2. The predicted octanol–water partition coefficient (Wildman–Crippen LogP) is 6.52. The molecule has 3 aromatic carbocycles. The first-order valence-corrected chi connectivity index (χ1v) is 14.0. The third-order valence-corrected chi connectivity index (χ3v) is 7.24. The van der Waals surface area contributed by atoms with E-state index in [4.69, 9.17) is 0 Å². The van der Waals surface area contributed by atoms with Gasteiger partial charge in [-0.1, -0.05) is 100 Å². The molecule has 0 unspecified atom stereocenters. The highest BCUT2D eigenvalue weighted by atomic mass is 16.2. The van der Waals surface area contributed by atoms with Crippen molar-refractivity contribution in [3.63, 3.8) is 0 Å². The van der Waals surface area contributed by atoms with Crippen LogP contribution >= 0.6 is 0 Å². The van der Waals surface area contributed by atoms with E-state index in [2.05, 4.69) is 62.2 Å². The largest absolute Gasteiger partial charge is 0.361 e. The zero-order valence-corrected chi connectivity index (χ0v) is 23.7. The molecule has 204 valence electrons. The van der Waals surface area contributed by atoms with Gasteiger partial charge in [0.05, 0.1) is 13.0 Å². The normalized spacial score (nSPS) is 11.5. The number of para-hydroxylation sites is 1. The van der Waals surface area contributed by atoms with Crippen molar-refractivity contribution in [1.82, 2.24) is 14.8 Å². The second kappa shape index (κ2) is 12.8. The van der Waals surface area contributed by atoms with Crippen molar-refractivity contribution in [2.24, 2.45) is 0 Å². The summed E-state index contributed by atoms with van der Waals surface area (Å²) < 4.78 is 0. The number of H-pyrrole nitrogens is 1. The van der Waals surface area contributed by atoms with Crippen LogP contribution in [0.5, 0.6) is 0 Å². The molecule has 0 atom stereocenters. The van der Waals surface area contributed by atoms with Crippen LogP contribution in [-0.4, -0.2) is 46.2 Å². The number of nitrogens with zero attached hydrogens (tertiary/aromatic N) is 2. The van der Waals surface area contributed by atoms with Crippen molar-refractivity contribution in [2.75, 3.05) is 19.6 Å². The van der Waals surface area contributed by atoms with E-state index in [1.165, 1.54) is 16.5 Å². The molecule has 1 heterocycles. The predicted molar refractivity (Wildman–Crippen MR) is 160 cm³/mol. The summed E-state index contributed by atoms with van der Waals surface area (Å²) >= 11 is 0. The van der Waals surface area contributed by atoms with Crippen LogP contribution in [0.1, 0.15) is 56.4 Å². The number of hydrogen-bond donors (Lipinski definition) is 1. The molecule has 0 saturated carbocycles. The van der Waals surface area contributed by atoms with Gasteiger partial charge in [-0.3, -0.25) is 9.59 Å². The van der Waals surface area contributed by atoms with Gasteiger partial charge in [0.1, 0.15) is 0 Å². The van der Waals surface area contributed by atoms with Crippen molar-refractivity contribution in [2.45, 2.75) is 58.9 Å². The SMILES string of the molecule is CCCN(CC(=O)N(CCc1c[nH]c2ccccc12)Cc1ccc(C(C)(C)C)cc1)C(=O)Cc1ccccc1. The lowest BCUT2D eigenvalue weighted by Crippen LogP contribution is -2.44. The Bertz CT molecular complexity index is 1370. The third kappa shape index (κ3) is 7.60. The quantitative estimate of drug-likeness (QED) is 0.243. The van der Waals surface area contributed by atoms with Crippen LogP contribution in [0.3, 0.4) is 0 Å². The van der Waals surface area contributed by atoms with Gasteiger partial charge in [-0.15, -0.1) is 0 Å². The summed E-state index contributed by atoms with van der Waals surface area (Å²) in [5.74, 6) is -0.0351. The smallest absolute Gasteiger partial charge is 0.242 e. The van der Waals surface area contributed by atoms with Crippen molar-refractivity contribution in [3.8, 4) is 0 Å². The number of rotatable bonds is 11. The van der Waals surface area contributed by atoms with Gasteiger partial charge >= 0.3 is 0 Å². The number of carbonyl (C=O) groups is 2. The van der Waals surface area contributed by atoms with Crippen molar-refractivity contribution in [3.05, 3.63) is 107 Å². The average Bonchev–Trinajstić information content (AvgIpc) is 3.34. The van der Waals surface area contributed by atoms with E-state index in [1.54, 1.807) is 4.90 Å². The maximum absolute atomic E-state index is 13.8. The third-order valence-electron chi connectivity index (χ3n) is 7.24. The van der Waals surface area contributed by atoms with Gasteiger partial charge in [-0.05, 0) is 46.6 Å². The summed E-state index contributed by atoms with van der Waals surface area (Å²) in [6, 6.07) is 26.5. The summed E-state index contributed by atoms with van der Waals surface area (Å²) in [6.45, 7) is 10.4. The summed E-state index contributed by atoms with van der Waals surface area (Å²) in [5.41, 5.74) is 5.69. The van der Waals surface area contributed by atoms with Crippen molar-refractivity contribution >= 4 is 22.7 Å². The Labute approximate surface area is 232 Å². The fourth-order valence-corrected chi connectivity index (χ4v) is 4.92. The van der Waals surface area contributed by atoms with E-state index in [1.807, 2.05) is 60.5 Å². The lowest BCUT2D eigenvalue weighted by Gasteiger charge is -2.28. The molecule has 0 aliphatic rings. The average molecular weight is 524 g/mol. The maximum atomic E-state index is 13.8. The number of aromatic nitrogens is 1. The molecule has 39 heavy (non-hydrogen) atoms. The maximum Gasteiger partial charge on any atom is 0.242 e. The summed E-state index contributed by atoms with van der Waals surface area (Å²) in [6.07, 6.45) is 3.88. The van der Waals surface area contributed by atoms with Gasteiger partial charge in [-0.2, -0.15) is 0 Å². The number of hydrogen-bond acceptors (Lipinski definition) is 2. The molecule has 0 bridgehead atoms. The molecule has 2 amide bonds. The summed E-state index contributed by atoms with van der Waals surface area (Å²) in [4.78, 5) is 33.9. The van der Waals surface area contributed by atoms with E-state index >= 15 is 0 Å². The lowest BCUT2D eigenvalue weighted by atomic mass is 9.87. The fraction of sp³-hybridized carbons (Fsp3) is 0.353. The Morgan fingerprint density at radius 2 is 1.46 bits per heavy atom. The molecule has 4 aromatic rings. The van der Waals surface area contributed by atoms with Gasteiger partial charge in [0, 0.05) is 36.7 Å². The first-order valence-electron chi connectivity index (χ1n) is 14.0. The van der Waals surface area contributed by atoms with Gasteiger partial charge in [0.2, 0.25) is 11.8 Å². The minimum atomic E-state index is -0.0235. The molecule has 0 radical (unpaired) electrons. The zero-order valence-electron chi connectivity index (χ0n) is 23.7. The Hall–Kier alpha value is -3.86. The highest BCUT2D eigenvalue weighted by molar-refractivity contribution is 5.86. The standard InChI is InChI=1S/C34H41N3O2/c1-5-20-36(32(38)22-26-11-7-6-8-12-26)25-33(39)37(24-27-15-17-29(18-16-27)34(2,3)4)21-19-28-23-35-31-14-10-9-13-30(28)31/h6-18,23,35H,5,19-22,24-25H2,1-4H3. The molecule has 1 N–H and O–H groups in total. The van der Waals surface area contributed by atoms with Crippen LogP contribution in [0, 0.1) is 0 Å². The minimum absolute atomic E-state index is 0.0116. The highest BCUT2D eigenvalue weighted by Gasteiger charge is 2.22. The van der Waals surface area contributed by atoms with Crippen LogP contribution in [0.2, 0.25) is 0 Å². The van der Waals surface area contributed by atoms with Crippen molar-refractivity contribution in [1.29, 1.82) is 0 Å². The van der Waals surface area contributed by atoms with Crippen LogP contribution < -0.4 is 0 Å². The summed E-state index contributed by atoms with van der Waals surface area (Å²) in [5, 5.41) is 1.19. The lowest BCUT2D eigenvalue weighted by molar-refractivity contribution is -0.140. The molecular formula is C34H41N3O2. The van der Waals surface area contributed by atoms with E-state index in [0.717, 1.165) is 29.5 Å². The van der Waals surface area contributed by atoms with Gasteiger partial charge in [-0.25, -0.2) is 0 Å². The Morgan fingerprint density at radius 3 is 2.15 bits per heavy atom. The summed E-state index contributed by atoms with van der Waals surface area (Å²) in [7, 11) is 0. The molecule has 4 rings (SSSR count).